The molecule has 9 heteroatoms. The number of benzene rings is 1. The van der Waals surface area contributed by atoms with E-state index in [1.807, 2.05) is 0 Å². The van der Waals surface area contributed by atoms with Crippen molar-refractivity contribution >= 4 is 21.6 Å². The molecule has 3 fully saturated rings. The van der Waals surface area contributed by atoms with Crippen LogP contribution in [0.1, 0.15) is 38.5 Å². The Morgan fingerprint density at radius 3 is 2.71 bits per heavy atom. The molecule has 1 aromatic carbocycles. The fraction of sp³-hybridized carbons (Fsp3) is 0.682. The third-order valence-electron chi connectivity index (χ3n) is 6.72. The Balaban J connectivity index is 1.36. The number of ether oxygens (including phenoxy) is 2. The average molecular weight is 452 g/mol. The summed E-state index contributed by atoms with van der Waals surface area (Å²) in [7, 11) is -1.83. The SMILES string of the molecule is CO[C@H]1CN(CC(=O)Nc2cccc(S(=O)(=O)N3CCCCC3)c2)CC[C@]12CCCO2. The Kier molecular flexibility index (Phi) is 6.98. The van der Waals surface area contributed by atoms with Gasteiger partial charge < -0.3 is 14.8 Å². The van der Waals surface area contributed by atoms with Crippen LogP contribution in [0.3, 0.4) is 0 Å². The second kappa shape index (κ2) is 9.54. The maximum atomic E-state index is 12.9. The van der Waals surface area contributed by atoms with Gasteiger partial charge in [-0.25, -0.2) is 8.42 Å². The van der Waals surface area contributed by atoms with Crippen molar-refractivity contribution in [3.05, 3.63) is 24.3 Å². The topological polar surface area (TPSA) is 88.2 Å². The van der Waals surface area contributed by atoms with E-state index in [1.54, 1.807) is 31.4 Å². The summed E-state index contributed by atoms with van der Waals surface area (Å²) < 4.78 is 39.1. The van der Waals surface area contributed by atoms with Crippen LogP contribution in [0.5, 0.6) is 0 Å². The van der Waals surface area contributed by atoms with Gasteiger partial charge >= 0.3 is 0 Å². The summed E-state index contributed by atoms with van der Waals surface area (Å²) >= 11 is 0. The first-order valence-electron chi connectivity index (χ1n) is 11.2. The molecular weight excluding hydrogens is 418 g/mol. The van der Waals surface area contributed by atoms with Crippen LogP contribution in [0.4, 0.5) is 5.69 Å². The molecule has 0 bridgehead atoms. The van der Waals surface area contributed by atoms with Gasteiger partial charge in [0.1, 0.15) is 0 Å². The molecule has 0 unspecified atom stereocenters. The van der Waals surface area contributed by atoms with Crippen LogP contribution in [0.15, 0.2) is 29.2 Å². The Labute approximate surface area is 184 Å². The van der Waals surface area contributed by atoms with E-state index in [0.29, 0.717) is 25.3 Å². The Bertz CT molecular complexity index is 879. The minimum atomic E-state index is -3.53. The summed E-state index contributed by atoms with van der Waals surface area (Å²) in [6.07, 6.45) is 5.70. The minimum absolute atomic E-state index is 0.0467. The van der Waals surface area contributed by atoms with Crippen LogP contribution in [0.25, 0.3) is 0 Å². The van der Waals surface area contributed by atoms with Crippen molar-refractivity contribution in [3.63, 3.8) is 0 Å². The number of nitrogens with zero attached hydrogens (tertiary/aromatic N) is 2. The van der Waals surface area contributed by atoms with Gasteiger partial charge in [-0.05, 0) is 50.3 Å². The second-order valence-electron chi connectivity index (χ2n) is 8.77. The number of likely N-dealkylation sites (tertiary alicyclic amines) is 1. The molecular formula is C22H33N3O5S. The zero-order valence-corrected chi connectivity index (χ0v) is 19.0. The van der Waals surface area contributed by atoms with E-state index in [0.717, 1.165) is 51.7 Å². The smallest absolute Gasteiger partial charge is 0.243 e. The van der Waals surface area contributed by atoms with Gasteiger partial charge in [0.25, 0.3) is 0 Å². The molecule has 0 aliphatic carbocycles. The number of methoxy groups -OCH3 is 1. The minimum Gasteiger partial charge on any atom is -0.377 e. The Morgan fingerprint density at radius 1 is 1.19 bits per heavy atom. The van der Waals surface area contributed by atoms with E-state index in [9.17, 15) is 13.2 Å². The summed E-state index contributed by atoms with van der Waals surface area (Å²) in [6.45, 7) is 3.54. The number of hydrogen-bond acceptors (Lipinski definition) is 6. The quantitative estimate of drug-likeness (QED) is 0.712. The summed E-state index contributed by atoms with van der Waals surface area (Å²) in [6, 6.07) is 6.55. The lowest BCUT2D eigenvalue weighted by Gasteiger charge is -2.44. The fourth-order valence-corrected chi connectivity index (χ4v) is 6.56. The molecule has 1 aromatic rings. The number of nitrogens with one attached hydrogen (secondary N) is 1. The van der Waals surface area contributed by atoms with Crippen molar-refractivity contribution in [1.29, 1.82) is 0 Å². The molecule has 3 saturated heterocycles. The molecule has 3 aliphatic rings. The molecule has 0 aromatic heterocycles. The van der Waals surface area contributed by atoms with Crippen molar-refractivity contribution in [2.24, 2.45) is 0 Å². The van der Waals surface area contributed by atoms with Crippen molar-refractivity contribution in [2.45, 2.75) is 55.1 Å². The molecule has 31 heavy (non-hydrogen) atoms. The number of amides is 1. The van der Waals surface area contributed by atoms with Crippen LogP contribution < -0.4 is 5.32 Å². The van der Waals surface area contributed by atoms with Crippen LogP contribution in [-0.2, 0) is 24.3 Å². The first-order chi connectivity index (χ1) is 14.9. The number of carbonyl (C=O) groups is 1. The number of rotatable bonds is 6. The van der Waals surface area contributed by atoms with Gasteiger partial charge in [-0.3, -0.25) is 9.69 Å². The third kappa shape index (κ3) is 4.96. The molecule has 3 aliphatic heterocycles. The van der Waals surface area contributed by atoms with Gasteiger partial charge in [-0.1, -0.05) is 12.5 Å². The summed E-state index contributed by atoms with van der Waals surface area (Å²) in [4.78, 5) is 15.0. The molecule has 0 saturated carbocycles. The molecule has 3 heterocycles. The summed E-state index contributed by atoms with van der Waals surface area (Å²) in [5, 5.41) is 2.86. The molecule has 1 spiro atoms. The van der Waals surface area contributed by atoms with Gasteiger partial charge in [0.05, 0.1) is 23.1 Å². The Hall–Kier alpha value is -1.52. The summed E-state index contributed by atoms with van der Waals surface area (Å²) in [5.74, 6) is -0.161. The van der Waals surface area contributed by atoms with Gasteiger partial charge in [-0.2, -0.15) is 4.31 Å². The first kappa shape index (κ1) is 22.7. The van der Waals surface area contributed by atoms with Gasteiger partial charge in [0.15, 0.2) is 0 Å². The van der Waals surface area contributed by atoms with E-state index in [-0.39, 0.29) is 29.1 Å². The first-order valence-corrected chi connectivity index (χ1v) is 12.7. The van der Waals surface area contributed by atoms with Crippen molar-refractivity contribution < 1.29 is 22.7 Å². The lowest BCUT2D eigenvalue weighted by molar-refractivity contribution is -0.145. The lowest BCUT2D eigenvalue weighted by Crippen LogP contribution is -2.57. The Morgan fingerprint density at radius 2 is 2.00 bits per heavy atom. The maximum absolute atomic E-state index is 12.9. The highest BCUT2D eigenvalue weighted by Gasteiger charge is 2.46. The molecule has 1 N–H and O–H groups in total. The number of sulfonamides is 1. The zero-order valence-electron chi connectivity index (χ0n) is 18.2. The number of carbonyl (C=O) groups excluding carboxylic acids is 1. The van der Waals surface area contributed by atoms with Gasteiger partial charge in [0.2, 0.25) is 15.9 Å². The molecule has 172 valence electrons. The average Bonchev–Trinajstić information content (AvgIpc) is 3.25. The monoisotopic (exact) mass is 451 g/mol. The van der Waals surface area contributed by atoms with E-state index in [4.69, 9.17) is 9.47 Å². The van der Waals surface area contributed by atoms with E-state index in [2.05, 4.69) is 10.2 Å². The lowest BCUT2D eigenvalue weighted by atomic mass is 9.86. The van der Waals surface area contributed by atoms with E-state index >= 15 is 0 Å². The van der Waals surface area contributed by atoms with Gasteiger partial charge in [0, 0.05) is 45.6 Å². The largest absolute Gasteiger partial charge is 0.377 e. The van der Waals surface area contributed by atoms with Crippen molar-refractivity contribution in [3.8, 4) is 0 Å². The number of piperidine rings is 2. The predicted octanol–water partition coefficient (Wildman–Crippen LogP) is 2.07. The van der Waals surface area contributed by atoms with Crippen molar-refractivity contribution in [2.75, 3.05) is 51.8 Å². The van der Waals surface area contributed by atoms with Crippen LogP contribution in [0.2, 0.25) is 0 Å². The van der Waals surface area contributed by atoms with Crippen molar-refractivity contribution in [1.82, 2.24) is 9.21 Å². The molecule has 1 amide bonds. The zero-order chi connectivity index (χ0) is 21.9. The van der Waals surface area contributed by atoms with E-state index < -0.39 is 10.0 Å². The molecule has 2 atom stereocenters. The number of hydrogen-bond donors (Lipinski definition) is 1. The van der Waals surface area contributed by atoms with Gasteiger partial charge in [-0.15, -0.1) is 0 Å². The molecule has 8 nitrogen and oxygen atoms in total. The van der Waals surface area contributed by atoms with Crippen LogP contribution >= 0.6 is 0 Å². The maximum Gasteiger partial charge on any atom is 0.243 e. The standard InChI is InChI=1S/C22H33N3O5S/c1-29-20-16-24(13-10-22(20)9-6-14-30-22)17-21(26)23-18-7-5-8-19(15-18)31(27,28)25-11-3-2-4-12-25/h5,7-8,15,20H,2-4,6,9-14,16-17H2,1H3,(H,23,26)/t20-,22+/m0/s1. The van der Waals surface area contributed by atoms with E-state index in [1.165, 1.54) is 4.31 Å². The molecule has 4 rings (SSSR count). The molecule has 0 radical (unpaired) electrons. The summed E-state index contributed by atoms with van der Waals surface area (Å²) in [5.41, 5.74) is 0.290. The predicted molar refractivity (Wildman–Crippen MR) is 117 cm³/mol. The highest BCUT2D eigenvalue weighted by molar-refractivity contribution is 7.89. The third-order valence-corrected chi connectivity index (χ3v) is 8.61. The highest BCUT2D eigenvalue weighted by Crippen LogP contribution is 2.37. The van der Waals surface area contributed by atoms with Crippen LogP contribution in [0, 0.1) is 0 Å². The highest BCUT2D eigenvalue weighted by atomic mass is 32.2. The second-order valence-corrected chi connectivity index (χ2v) is 10.7. The fourth-order valence-electron chi connectivity index (χ4n) is 5.00. The number of anilines is 1. The normalized spacial score (nSPS) is 28.1. The van der Waals surface area contributed by atoms with Crippen LogP contribution in [-0.4, -0.2) is 81.7 Å².